The molecule has 0 fully saturated rings. The third-order valence-corrected chi connectivity index (χ3v) is 3.85. The van der Waals surface area contributed by atoms with Crippen molar-refractivity contribution < 1.29 is 14.7 Å². The fourth-order valence-corrected chi connectivity index (χ4v) is 2.15. The molecular formula is C12H16ClN5O3. The number of H-pyrrole nitrogens is 1. The van der Waals surface area contributed by atoms with Crippen LogP contribution in [0.3, 0.4) is 0 Å². The molecule has 0 saturated carbocycles. The van der Waals surface area contributed by atoms with Gasteiger partial charge in [-0.1, -0.05) is 11.6 Å². The van der Waals surface area contributed by atoms with E-state index in [0.29, 0.717) is 16.5 Å². The standard InChI is InChI=1S/C12H16ClN5O3/c1-6-10(13)12-15-14-11(18(12)16-6)7(2)17(3)8(19)4-5-9(20)21/h7,16H,4-5H2,1-3H3,(H,20,21). The van der Waals surface area contributed by atoms with Gasteiger partial charge < -0.3 is 10.0 Å². The second kappa shape index (κ2) is 5.72. The van der Waals surface area contributed by atoms with Crippen molar-refractivity contribution in [1.82, 2.24) is 24.7 Å². The van der Waals surface area contributed by atoms with E-state index in [1.807, 2.05) is 6.92 Å². The van der Waals surface area contributed by atoms with Crippen LogP contribution in [0.15, 0.2) is 0 Å². The molecule has 9 heteroatoms. The Morgan fingerprint density at radius 1 is 1.43 bits per heavy atom. The molecule has 0 radical (unpaired) electrons. The molecule has 1 unspecified atom stereocenters. The molecule has 0 aliphatic rings. The Morgan fingerprint density at radius 2 is 2.10 bits per heavy atom. The Morgan fingerprint density at radius 3 is 2.71 bits per heavy atom. The van der Waals surface area contributed by atoms with Crippen LogP contribution in [0.5, 0.6) is 0 Å². The fraction of sp³-hybridized carbons (Fsp3) is 0.500. The third kappa shape index (κ3) is 2.85. The zero-order valence-electron chi connectivity index (χ0n) is 11.9. The lowest BCUT2D eigenvalue weighted by Gasteiger charge is -2.23. The molecule has 0 bridgehead atoms. The third-order valence-electron chi connectivity index (χ3n) is 3.39. The van der Waals surface area contributed by atoms with Crippen LogP contribution in [0.2, 0.25) is 5.02 Å². The normalized spacial score (nSPS) is 12.6. The summed E-state index contributed by atoms with van der Waals surface area (Å²) in [6, 6.07) is -0.365. The SMILES string of the molecule is Cc1[nH]n2c(C(C)N(C)C(=O)CCC(=O)O)nnc2c1Cl. The van der Waals surface area contributed by atoms with E-state index in [4.69, 9.17) is 16.7 Å². The van der Waals surface area contributed by atoms with Gasteiger partial charge in [0.15, 0.2) is 11.5 Å². The van der Waals surface area contributed by atoms with Crippen molar-refractivity contribution in [1.29, 1.82) is 0 Å². The second-order valence-corrected chi connectivity index (χ2v) is 5.22. The molecule has 2 N–H and O–H groups in total. The Balaban J connectivity index is 2.21. The maximum atomic E-state index is 12.0. The Labute approximate surface area is 125 Å². The van der Waals surface area contributed by atoms with Gasteiger partial charge in [-0.15, -0.1) is 10.2 Å². The lowest BCUT2D eigenvalue weighted by atomic mass is 10.2. The average molecular weight is 314 g/mol. The van der Waals surface area contributed by atoms with Crippen LogP contribution >= 0.6 is 11.6 Å². The lowest BCUT2D eigenvalue weighted by molar-refractivity contribution is -0.141. The number of aliphatic carboxylic acids is 1. The molecule has 8 nitrogen and oxygen atoms in total. The van der Waals surface area contributed by atoms with Crippen molar-refractivity contribution in [2.45, 2.75) is 32.7 Å². The van der Waals surface area contributed by atoms with Crippen LogP contribution in [0.1, 0.15) is 37.3 Å². The second-order valence-electron chi connectivity index (χ2n) is 4.84. The van der Waals surface area contributed by atoms with Crippen LogP contribution in [-0.2, 0) is 9.59 Å². The summed E-state index contributed by atoms with van der Waals surface area (Å²) >= 11 is 6.09. The molecular weight excluding hydrogens is 298 g/mol. The van der Waals surface area contributed by atoms with E-state index >= 15 is 0 Å². The highest BCUT2D eigenvalue weighted by Crippen LogP contribution is 2.24. The number of aromatic amines is 1. The van der Waals surface area contributed by atoms with E-state index in [1.165, 1.54) is 4.90 Å². The van der Waals surface area contributed by atoms with Crippen LogP contribution in [0.25, 0.3) is 5.65 Å². The molecule has 1 amide bonds. The number of nitrogens with one attached hydrogen (secondary N) is 1. The molecule has 0 saturated heterocycles. The van der Waals surface area contributed by atoms with Gasteiger partial charge in [0.05, 0.1) is 18.2 Å². The predicted molar refractivity (Wildman–Crippen MR) is 75.1 cm³/mol. The fourth-order valence-electron chi connectivity index (χ4n) is 1.98. The van der Waals surface area contributed by atoms with Gasteiger partial charge in [-0.05, 0) is 13.8 Å². The zero-order chi connectivity index (χ0) is 15.7. The van der Waals surface area contributed by atoms with Crippen LogP contribution < -0.4 is 0 Å². The first-order valence-electron chi connectivity index (χ1n) is 6.39. The highest BCUT2D eigenvalue weighted by Gasteiger charge is 2.24. The summed E-state index contributed by atoms with van der Waals surface area (Å²) in [5.41, 5.74) is 1.26. The van der Waals surface area contributed by atoms with E-state index in [2.05, 4.69) is 15.3 Å². The van der Waals surface area contributed by atoms with Gasteiger partial charge in [-0.25, -0.2) is 4.52 Å². The molecule has 0 aromatic carbocycles. The summed E-state index contributed by atoms with van der Waals surface area (Å²) in [6.07, 6.45) is -0.249. The van der Waals surface area contributed by atoms with Crippen LogP contribution in [0, 0.1) is 6.92 Å². The monoisotopic (exact) mass is 313 g/mol. The molecule has 0 aliphatic heterocycles. The smallest absolute Gasteiger partial charge is 0.303 e. The van der Waals surface area contributed by atoms with Gasteiger partial charge in [-0.3, -0.25) is 14.7 Å². The van der Waals surface area contributed by atoms with Crippen molar-refractivity contribution in [2.75, 3.05) is 7.05 Å². The first-order chi connectivity index (χ1) is 9.82. The minimum absolute atomic E-state index is 0.0529. The van der Waals surface area contributed by atoms with Gasteiger partial charge in [0.1, 0.15) is 5.02 Å². The number of amides is 1. The van der Waals surface area contributed by atoms with Gasteiger partial charge in [-0.2, -0.15) is 0 Å². The summed E-state index contributed by atoms with van der Waals surface area (Å²) in [5.74, 6) is -0.733. The van der Waals surface area contributed by atoms with E-state index in [9.17, 15) is 9.59 Å². The maximum Gasteiger partial charge on any atom is 0.303 e. The lowest BCUT2D eigenvalue weighted by Crippen LogP contribution is -2.31. The number of carboxylic acid groups (broad SMARTS) is 1. The molecule has 114 valence electrons. The minimum Gasteiger partial charge on any atom is -0.481 e. The minimum atomic E-state index is -0.999. The number of rotatable bonds is 5. The molecule has 0 spiro atoms. The van der Waals surface area contributed by atoms with Gasteiger partial charge >= 0.3 is 5.97 Å². The highest BCUT2D eigenvalue weighted by molar-refractivity contribution is 6.34. The number of fused-ring (bicyclic) bond motifs is 1. The number of carboxylic acids is 1. The van der Waals surface area contributed by atoms with Crippen LogP contribution in [-0.4, -0.2) is 48.7 Å². The molecule has 2 rings (SSSR count). The summed E-state index contributed by atoms with van der Waals surface area (Å²) < 4.78 is 1.63. The molecule has 2 aromatic rings. The van der Waals surface area contributed by atoms with Crippen LogP contribution in [0.4, 0.5) is 0 Å². The number of aryl methyl sites for hydroxylation is 1. The molecule has 2 heterocycles. The molecule has 0 aliphatic carbocycles. The van der Waals surface area contributed by atoms with Crippen molar-refractivity contribution in [2.24, 2.45) is 0 Å². The average Bonchev–Trinajstić information content (AvgIpc) is 2.96. The first-order valence-corrected chi connectivity index (χ1v) is 6.77. The highest BCUT2D eigenvalue weighted by atomic mass is 35.5. The van der Waals surface area contributed by atoms with E-state index in [-0.39, 0.29) is 24.8 Å². The molecule has 2 aromatic heterocycles. The number of hydrogen-bond acceptors (Lipinski definition) is 4. The summed E-state index contributed by atoms with van der Waals surface area (Å²) in [6.45, 7) is 3.60. The van der Waals surface area contributed by atoms with E-state index < -0.39 is 5.97 Å². The number of halogens is 1. The van der Waals surface area contributed by atoms with Crippen molar-refractivity contribution in [3.8, 4) is 0 Å². The summed E-state index contributed by atoms with van der Waals surface area (Å²) in [5, 5.41) is 20.2. The van der Waals surface area contributed by atoms with E-state index in [1.54, 1.807) is 18.5 Å². The van der Waals surface area contributed by atoms with Gasteiger partial charge in [0.25, 0.3) is 0 Å². The maximum absolute atomic E-state index is 12.0. The zero-order valence-corrected chi connectivity index (χ0v) is 12.7. The number of carbonyl (C=O) groups is 2. The van der Waals surface area contributed by atoms with E-state index in [0.717, 1.165) is 5.69 Å². The predicted octanol–water partition coefficient (Wildman–Crippen LogP) is 1.40. The number of hydrogen-bond donors (Lipinski definition) is 2. The van der Waals surface area contributed by atoms with Gasteiger partial charge in [0, 0.05) is 13.5 Å². The Kier molecular flexibility index (Phi) is 4.17. The quantitative estimate of drug-likeness (QED) is 0.868. The number of nitrogens with zero attached hydrogens (tertiary/aromatic N) is 4. The molecule has 1 atom stereocenters. The number of aromatic nitrogens is 4. The Hall–Kier alpha value is -2.09. The Bertz CT molecular complexity index is 692. The van der Waals surface area contributed by atoms with Crippen molar-refractivity contribution >= 4 is 29.1 Å². The largest absolute Gasteiger partial charge is 0.481 e. The molecule has 21 heavy (non-hydrogen) atoms. The van der Waals surface area contributed by atoms with Crippen molar-refractivity contribution in [3.63, 3.8) is 0 Å². The van der Waals surface area contributed by atoms with Gasteiger partial charge in [0.2, 0.25) is 5.91 Å². The summed E-state index contributed by atoms with van der Waals surface area (Å²) in [4.78, 5) is 23.9. The first kappa shape index (κ1) is 15.3. The number of carbonyl (C=O) groups excluding carboxylic acids is 1. The van der Waals surface area contributed by atoms with Crippen molar-refractivity contribution in [3.05, 3.63) is 16.5 Å². The topological polar surface area (TPSA) is 104 Å². The summed E-state index contributed by atoms with van der Waals surface area (Å²) in [7, 11) is 1.60.